The van der Waals surface area contributed by atoms with Gasteiger partial charge in [0.25, 0.3) is 10.1 Å². The van der Waals surface area contributed by atoms with E-state index >= 15 is 0 Å². The predicted octanol–water partition coefficient (Wildman–Crippen LogP) is 3.81. The third-order valence-corrected chi connectivity index (χ3v) is 12.3. The molecule has 0 bridgehead atoms. The van der Waals surface area contributed by atoms with Crippen molar-refractivity contribution < 1.29 is 46.6 Å². The Morgan fingerprint density at radius 1 is 0.309 bits per heavy atom. The highest BCUT2D eigenvalue weighted by molar-refractivity contribution is 7.90. The molecule has 0 amide bonds. The Bertz CT molecular complexity index is 2210. The van der Waals surface area contributed by atoms with E-state index in [1.54, 1.807) is 126 Å². The Labute approximate surface area is 324 Å². The molecule has 5 aromatic rings. The summed E-state index contributed by atoms with van der Waals surface area (Å²) in [5.41, 5.74) is 3.25. The standard InChI is InChI=1S/4C7H9NO2S.C7H8O3S/c5*1-6-4-2-3-5-7(6)11(8,9)10/h4*2-5H,1H3,(H2,8,9,10);2-5H,1H3,(H,8,9,10). The van der Waals surface area contributed by atoms with Crippen molar-refractivity contribution >= 4 is 50.2 Å². The number of hydrogen-bond donors (Lipinski definition) is 5. The van der Waals surface area contributed by atoms with Crippen LogP contribution in [-0.2, 0) is 50.2 Å². The fourth-order valence-electron chi connectivity index (χ4n) is 4.35. The monoisotopic (exact) mass is 856 g/mol. The van der Waals surface area contributed by atoms with E-state index in [1.165, 1.54) is 30.3 Å². The molecule has 15 nitrogen and oxygen atoms in total. The molecule has 5 rings (SSSR count). The van der Waals surface area contributed by atoms with Gasteiger partial charge in [0.2, 0.25) is 40.1 Å². The predicted molar refractivity (Wildman–Crippen MR) is 211 cm³/mol. The van der Waals surface area contributed by atoms with Gasteiger partial charge in [-0.3, -0.25) is 4.55 Å². The first-order valence-corrected chi connectivity index (χ1v) is 23.1. The molecular formula is C35H44N4O11S5. The Hall–Kier alpha value is -4.35. The highest BCUT2D eigenvalue weighted by Crippen LogP contribution is 2.14. The summed E-state index contributed by atoms with van der Waals surface area (Å²) in [6, 6.07) is 32.7. The molecule has 5 aromatic carbocycles. The first-order valence-electron chi connectivity index (χ1n) is 15.4. The maximum absolute atomic E-state index is 10.8. The summed E-state index contributed by atoms with van der Waals surface area (Å²) in [4.78, 5) is 0.750. The van der Waals surface area contributed by atoms with Gasteiger partial charge in [0.05, 0.1) is 24.5 Å². The van der Waals surface area contributed by atoms with Crippen molar-refractivity contribution in [3.8, 4) is 0 Å². The van der Waals surface area contributed by atoms with Crippen molar-refractivity contribution in [3.63, 3.8) is 0 Å². The lowest BCUT2D eigenvalue weighted by Crippen LogP contribution is -2.13. The minimum absolute atomic E-state index is 0.0278. The number of aryl methyl sites for hydroxylation is 5. The second-order valence-corrected chi connectivity index (χ2v) is 19.0. The van der Waals surface area contributed by atoms with Gasteiger partial charge >= 0.3 is 0 Å². The summed E-state index contributed by atoms with van der Waals surface area (Å²) in [7, 11) is -18.2. The minimum atomic E-state index is -4.03. The van der Waals surface area contributed by atoms with Crippen LogP contribution in [0, 0.1) is 34.6 Å². The van der Waals surface area contributed by atoms with Crippen LogP contribution in [0.1, 0.15) is 27.8 Å². The molecule has 0 spiro atoms. The van der Waals surface area contributed by atoms with E-state index in [1.807, 2.05) is 0 Å². The zero-order chi connectivity index (χ0) is 42.4. The number of rotatable bonds is 5. The van der Waals surface area contributed by atoms with Crippen molar-refractivity contribution in [1.29, 1.82) is 0 Å². The summed E-state index contributed by atoms with van der Waals surface area (Å²) in [5.74, 6) is 0. The summed E-state index contributed by atoms with van der Waals surface area (Å²) in [6.45, 7) is 8.46. The third kappa shape index (κ3) is 17.3. The molecule has 20 heteroatoms. The zero-order valence-electron chi connectivity index (χ0n) is 30.4. The molecule has 0 saturated carbocycles. The van der Waals surface area contributed by atoms with E-state index in [2.05, 4.69) is 0 Å². The molecule has 0 atom stereocenters. The molecule has 0 aliphatic carbocycles. The molecule has 0 heterocycles. The lowest BCUT2D eigenvalue weighted by atomic mass is 10.2. The normalized spacial score (nSPS) is 11.5. The van der Waals surface area contributed by atoms with Crippen LogP contribution in [0.5, 0.6) is 0 Å². The Morgan fingerprint density at radius 3 is 0.545 bits per heavy atom. The quantitative estimate of drug-likeness (QED) is 0.158. The van der Waals surface area contributed by atoms with Gasteiger partial charge in [0, 0.05) is 0 Å². The smallest absolute Gasteiger partial charge is 0.282 e. The van der Waals surface area contributed by atoms with Gasteiger partial charge in [0.1, 0.15) is 0 Å². The minimum Gasteiger partial charge on any atom is -0.282 e. The molecular weight excluding hydrogens is 813 g/mol. The lowest BCUT2D eigenvalue weighted by molar-refractivity contribution is 0.482. The van der Waals surface area contributed by atoms with Crippen molar-refractivity contribution in [3.05, 3.63) is 149 Å². The van der Waals surface area contributed by atoms with Crippen LogP contribution in [0.2, 0.25) is 0 Å². The van der Waals surface area contributed by atoms with E-state index < -0.39 is 50.2 Å². The first kappa shape index (κ1) is 48.7. The van der Waals surface area contributed by atoms with E-state index in [0.29, 0.717) is 27.8 Å². The van der Waals surface area contributed by atoms with Crippen LogP contribution < -0.4 is 20.6 Å². The van der Waals surface area contributed by atoms with Crippen LogP contribution in [0.3, 0.4) is 0 Å². The molecule has 55 heavy (non-hydrogen) atoms. The molecule has 0 fully saturated rings. The number of sulfonamides is 4. The van der Waals surface area contributed by atoms with Crippen molar-refractivity contribution in [2.75, 3.05) is 0 Å². The third-order valence-electron chi connectivity index (χ3n) is 6.97. The van der Waals surface area contributed by atoms with E-state index in [4.69, 9.17) is 25.1 Å². The molecule has 0 aliphatic rings. The molecule has 0 saturated heterocycles. The van der Waals surface area contributed by atoms with Crippen LogP contribution in [0.15, 0.2) is 146 Å². The highest BCUT2D eigenvalue weighted by Gasteiger charge is 2.12. The van der Waals surface area contributed by atoms with Gasteiger partial charge in [0.15, 0.2) is 0 Å². The van der Waals surface area contributed by atoms with Crippen LogP contribution in [0.25, 0.3) is 0 Å². The van der Waals surface area contributed by atoms with Gasteiger partial charge in [-0.05, 0) is 92.8 Å². The fraction of sp³-hybridized carbons (Fsp3) is 0.143. The summed E-state index contributed by atoms with van der Waals surface area (Å²) in [6.07, 6.45) is 0. The van der Waals surface area contributed by atoms with Gasteiger partial charge < -0.3 is 0 Å². The van der Waals surface area contributed by atoms with Gasteiger partial charge in [-0.2, -0.15) is 8.42 Å². The van der Waals surface area contributed by atoms with Crippen LogP contribution in [0.4, 0.5) is 0 Å². The maximum Gasteiger partial charge on any atom is 0.294 e. The van der Waals surface area contributed by atoms with Gasteiger partial charge in [-0.1, -0.05) is 91.0 Å². The Kier molecular flexibility index (Phi) is 18.2. The second kappa shape index (κ2) is 20.5. The van der Waals surface area contributed by atoms with Crippen LogP contribution >= 0.6 is 0 Å². The molecule has 9 N–H and O–H groups in total. The van der Waals surface area contributed by atoms with E-state index in [9.17, 15) is 42.1 Å². The van der Waals surface area contributed by atoms with E-state index in [-0.39, 0.29) is 24.5 Å². The Balaban J connectivity index is 0.000000344. The average molecular weight is 857 g/mol. The lowest BCUT2D eigenvalue weighted by Gasteiger charge is -2.00. The van der Waals surface area contributed by atoms with E-state index in [0.717, 1.165) is 0 Å². The maximum atomic E-state index is 10.8. The molecule has 0 aromatic heterocycles. The van der Waals surface area contributed by atoms with Crippen molar-refractivity contribution in [1.82, 2.24) is 0 Å². The Morgan fingerprint density at radius 2 is 0.455 bits per heavy atom. The van der Waals surface area contributed by atoms with Crippen molar-refractivity contribution in [2.45, 2.75) is 59.1 Å². The SMILES string of the molecule is Cc1ccccc1S(=O)(=O)O.Cc1ccccc1S(N)(=O)=O.Cc1ccccc1S(N)(=O)=O.Cc1ccccc1S(N)(=O)=O.Cc1ccccc1S(N)(=O)=O. The summed E-state index contributed by atoms with van der Waals surface area (Å²) in [5, 5.41) is 19.7. The largest absolute Gasteiger partial charge is 0.294 e. The van der Waals surface area contributed by atoms with Gasteiger partial charge in [-0.15, -0.1) is 0 Å². The molecule has 0 unspecified atom stereocenters. The number of hydrogen-bond acceptors (Lipinski definition) is 10. The number of benzene rings is 5. The number of primary sulfonamides is 4. The average Bonchev–Trinajstić information content (AvgIpc) is 3.04. The molecule has 0 aliphatic heterocycles. The number of nitrogens with two attached hydrogens (primary N) is 4. The second-order valence-electron chi connectivity index (χ2n) is 11.5. The van der Waals surface area contributed by atoms with Crippen LogP contribution in [-0.4, -0.2) is 46.6 Å². The topological polar surface area (TPSA) is 295 Å². The molecule has 0 radical (unpaired) electrons. The highest BCUT2D eigenvalue weighted by atomic mass is 32.2. The first-order chi connectivity index (χ1) is 25.1. The van der Waals surface area contributed by atoms with Gasteiger partial charge in [-0.25, -0.2) is 54.2 Å². The zero-order valence-corrected chi connectivity index (χ0v) is 34.5. The fourth-order valence-corrected chi connectivity index (χ4v) is 8.21. The molecule has 300 valence electrons. The summed E-state index contributed by atoms with van der Waals surface area (Å²) < 4.78 is 117. The van der Waals surface area contributed by atoms with Crippen molar-refractivity contribution in [2.24, 2.45) is 20.6 Å². The summed E-state index contributed by atoms with van der Waals surface area (Å²) >= 11 is 0.